The summed E-state index contributed by atoms with van der Waals surface area (Å²) in [5.74, 6) is -0.0675. The zero-order chi connectivity index (χ0) is 13.0. The summed E-state index contributed by atoms with van der Waals surface area (Å²) in [4.78, 5) is 24.9. The number of hydrogen-bond acceptors (Lipinski definition) is 3. The van der Waals surface area contributed by atoms with E-state index in [9.17, 15) is 9.59 Å². The highest BCUT2D eigenvalue weighted by Gasteiger charge is 2.17. The predicted molar refractivity (Wildman–Crippen MR) is 76.8 cm³/mol. The van der Waals surface area contributed by atoms with E-state index in [1.807, 2.05) is 4.90 Å². The molecule has 0 aliphatic carbocycles. The molecule has 19 heavy (non-hydrogen) atoms. The normalized spacial score (nSPS) is 14.5. The predicted octanol–water partition coefficient (Wildman–Crippen LogP) is 1.11. The summed E-state index contributed by atoms with van der Waals surface area (Å²) in [5.41, 5.74) is 1.37. The molecule has 1 aromatic rings. The zero-order valence-corrected chi connectivity index (χ0v) is 11.6. The largest absolute Gasteiger partial charge is 0.336 e. The van der Waals surface area contributed by atoms with Crippen molar-refractivity contribution in [3.63, 3.8) is 0 Å². The number of halogens is 1. The fraction of sp³-hybridized carbons (Fsp3) is 0.385. The number of nitrogens with one attached hydrogen (secondary N) is 2. The molecule has 1 heterocycles. The Labute approximate surface area is 118 Å². The van der Waals surface area contributed by atoms with Crippen LogP contribution in [0.5, 0.6) is 0 Å². The van der Waals surface area contributed by atoms with E-state index in [1.165, 1.54) is 6.92 Å². The number of hydrogen-bond donors (Lipinski definition) is 2. The maximum atomic E-state index is 12.1. The number of rotatable bonds is 2. The minimum absolute atomic E-state index is 0. The van der Waals surface area contributed by atoms with Gasteiger partial charge in [-0.2, -0.15) is 0 Å². The van der Waals surface area contributed by atoms with E-state index in [-0.39, 0.29) is 24.2 Å². The molecule has 2 rings (SSSR count). The monoisotopic (exact) mass is 283 g/mol. The second kappa shape index (κ2) is 7.11. The molecule has 0 unspecified atom stereocenters. The highest BCUT2D eigenvalue weighted by molar-refractivity contribution is 5.95. The van der Waals surface area contributed by atoms with Gasteiger partial charge in [0.1, 0.15) is 0 Å². The molecule has 0 saturated carbocycles. The zero-order valence-electron chi connectivity index (χ0n) is 10.8. The Balaban J connectivity index is 0.00000180. The van der Waals surface area contributed by atoms with Gasteiger partial charge in [0.2, 0.25) is 5.91 Å². The first kappa shape index (κ1) is 15.5. The molecule has 1 fully saturated rings. The third-order valence-electron chi connectivity index (χ3n) is 2.86. The van der Waals surface area contributed by atoms with Gasteiger partial charge in [-0.05, 0) is 24.3 Å². The molecule has 1 saturated heterocycles. The molecule has 6 heteroatoms. The van der Waals surface area contributed by atoms with Crippen LogP contribution in [0, 0.1) is 0 Å². The third-order valence-corrected chi connectivity index (χ3v) is 2.86. The quantitative estimate of drug-likeness (QED) is 0.855. The second-order valence-corrected chi connectivity index (χ2v) is 4.30. The molecule has 0 atom stereocenters. The molecule has 0 radical (unpaired) electrons. The van der Waals surface area contributed by atoms with Crippen molar-refractivity contribution in [2.75, 3.05) is 31.5 Å². The van der Waals surface area contributed by atoms with Crippen LogP contribution in [0.3, 0.4) is 0 Å². The first-order valence-corrected chi connectivity index (χ1v) is 6.04. The van der Waals surface area contributed by atoms with Crippen molar-refractivity contribution in [3.8, 4) is 0 Å². The van der Waals surface area contributed by atoms with Crippen molar-refractivity contribution in [3.05, 3.63) is 29.8 Å². The van der Waals surface area contributed by atoms with Gasteiger partial charge in [0.05, 0.1) is 0 Å². The molecule has 1 aromatic carbocycles. The van der Waals surface area contributed by atoms with E-state index in [0.717, 1.165) is 26.2 Å². The lowest BCUT2D eigenvalue weighted by atomic mass is 10.1. The first-order chi connectivity index (χ1) is 8.66. The van der Waals surface area contributed by atoms with Crippen LogP contribution in [0.25, 0.3) is 0 Å². The number of amides is 2. The van der Waals surface area contributed by atoms with Crippen molar-refractivity contribution in [2.45, 2.75) is 6.92 Å². The first-order valence-electron chi connectivity index (χ1n) is 6.04. The van der Waals surface area contributed by atoms with Crippen molar-refractivity contribution in [1.29, 1.82) is 0 Å². The Bertz CT molecular complexity index is 442. The highest BCUT2D eigenvalue weighted by Crippen LogP contribution is 2.12. The minimum atomic E-state index is -0.115. The topological polar surface area (TPSA) is 61.4 Å². The highest BCUT2D eigenvalue weighted by atomic mass is 35.5. The molecule has 104 valence electrons. The number of anilines is 1. The Morgan fingerprint density at radius 1 is 1.16 bits per heavy atom. The fourth-order valence-corrected chi connectivity index (χ4v) is 1.95. The van der Waals surface area contributed by atoms with Gasteiger partial charge in [-0.25, -0.2) is 0 Å². The molecule has 0 spiro atoms. The van der Waals surface area contributed by atoms with Crippen molar-refractivity contribution in [2.24, 2.45) is 0 Å². The molecule has 5 nitrogen and oxygen atoms in total. The summed E-state index contributed by atoms with van der Waals surface area (Å²) in [6.07, 6.45) is 0. The van der Waals surface area contributed by atoms with Crippen molar-refractivity contribution < 1.29 is 9.59 Å². The maximum absolute atomic E-state index is 12.1. The van der Waals surface area contributed by atoms with Gasteiger partial charge in [0.15, 0.2) is 0 Å². The third kappa shape index (κ3) is 4.22. The second-order valence-electron chi connectivity index (χ2n) is 4.30. The van der Waals surface area contributed by atoms with Crippen LogP contribution in [-0.2, 0) is 4.79 Å². The van der Waals surface area contributed by atoms with Gasteiger partial charge in [0.25, 0.3) is 5.91 Å². The molecule has 1 aliphatic heterocycles. The van der Waals surface area contributed by atoms with Crippen LogP contribution in [-0.4, -0.2) is 42.9 Å². The summed E-state index contributed by atoms with van der Waals surface area (Å²) in [5, 5.41) is 5.89. The Morgan fingerprint density at radius 2 is 1.74 bits per heavy atom. The summed E-state index contributed by atoms with van der Waals surface area (Å²) in [6.45, 7) is 4.63. The average Bonchev–Trinajstić information content (AvgIpc) is 2.39. The number of nitrogens with zero attached hydrogens (tertiary/aromatic N) is 1. The fourth-order valence-electron chi connectivity index (χ4n) is 1.95. The Kier molecular flexibility index (Phi) is 5.79. The van der Waals surface area contributed by atoms with Crippen LogP contribution in [0.15, 0.2) is 24.3 Å². The maximum Gasteiger partial charge on any atom is 0.253 e. The van der Waals surface area contributed by atoms with Crippen LogP contribution >= 0.6 is 12.4 Å². The van der Waals surface area contributed by atoms with E-state index < -0.39 is 0 Å². The van der Waals surface area contributed by atoms with Gasteiger partial charge in [-0.3, -0.25) is 9.59 Å². The number of carbonyl (C=O) groups excluding carboxylic acids is 2. The summed E-state index contributed by atoms with van der Waals surface area (Å²) < 4.78 is 0. The summed E-state index contributed by atoms with van der Waals surface area (Å²) in [6, 6.07) is 6.99. The smallest absolute Gasteiger partial charge is 0.253 e. The molecule has 1 aliphatic rings. The van der Waals surface area contributed by atoms with Gasteiger partial charge in [0, 0.05) is 44.4 Å². The number of piperazine rings is 1. The summed E-state index contributed by atoms with van der Waals surface area (Å²) >= 11 is 0. The molecule has 0 bridgehead atoms. The van der Waals surface area contributed by atoms with Gasteiger partial charge in [-0.15, -0.1) is 12.4 Å². The molecular weight excluding hydrogens is 266 g/mol. The Morgan fingerprint density at radius 3 is 2.26 bits per heavy atom. The van der Waals surface area contributed by atoms with E-state index in [0.29, 0.717) is 11.3 Å². The molecule has 2 amide bonds. The SMILES string of the molecule is CC(=O)Nc1ccc(C(=O)N2CCNCC2)cc1.Cl. The van der Waals surface area contributed by atoms with Crippen LogP contribution < -0.4 is 10.6 Å². The van der Waals surface area contributed by atoms with E-state index >= 15 is 0 Å². The lowest BCUT2D eigenvalue weighted by Gasteiger charge is -2.27. The van der Waals surface area contributed by atoms with Gasteiger partial charge < -0.3 is 15.5 Å². The lowest BCUT2D eigenvalue weighted by molar-refractivity contribution is -0.114. The van der Waals surface area contributed by atoms with Crippen molar-refractivity contribution in [1.82, 2.24) is 10.2 Å². The van der Waals surface area contributed by atoms with Gasteiger partial charge >= 0.3 is 0 Å². The lowest BCUT2D eigenvalue weighted by Crippen LogP contribution is -2.46. The van der Waals surface area contributed by atoms with Crippen LogP contribution in [0.2, 0.25) is 0 Å². The summed E-state index contributed by atoms with van der Waals surface area (Å²) in [7, 11) is 0. The van der Waals surface area contributed by atoms with Crippen molar-refractivity contribution >= 4 is 29.9 Å². The van der Waals surface area contributed by atoms with E-state index in [4.69, 9.17) is 0 Å². The number of carbonyl (C=O) groups is 2. The molecule has 2 N–H and O–H groups in total. The van der Waals surface area contributed by atoms with E-state index in [2.05, 4.69) is 10.6 Å². The number of benzene rings is 1. The average molecular weight is 284 g/mol. The molecule has 0 aromatic heterocycles. The van der Waals surface area contributed by atoms with Gasteiger partial charge in [-0.1, -0.05) is 0 Å². The van der Waals surface area contributed by atoms with Crippen LogP contribution in [0.4, 0.5) is 5.69 Å². The minimum Gasteiger partial charge on any atom is -0.336 e. The molecular formula is C13H18ClN3O2. The standard InChI is InChI=1S/C13H17N3O2.ClH/c1-10(17)15-12-4-2-11(3-5-12)13(18)16-8-6-14-7-9-16;/h2-5,14H,6-9H2,1H3,(H,15,17);1H. The van der Waals surface area contributed by atoms with Crippen LogP contribution in [0.1, 0.15) is 17.3 Å². The van der Waals surface area contributed by atoms with E-state index in [1.54, 1.807) is 24.3 Å². The Hall–Kier alpha value is -1.59.